The van der Waals surface area contributed by atoms with Gasteiger partial charge in [0.2, 0.25) is 0 Å². The van der Waals surface area contributed by atoms with Gasteiger partial charge in [-0.25, -0.2) is 0 Å². The van der Waals surface area contributed by atoms with E-state index in [1.165, 1.54) is 0 Å². The van der Waals surface area contributed by atoms with Gasteiger partial charge in [-0.05, 0) is 18.3 Å². The van der Waals surface area contributed by atoms with Crippen molar-refractivity contribution < 1.29 is 9.84 Å². The Morgan fingerprint density at radius 3 is 2.45 bits per heavy atom. The van der Waals surface area contributed by atoms with E-state index >= 15 is 0 Å². The average Bonchev–Trinajstić information content (AvgIpc) is 1.85. The number of ether oxygens (including phenoxy) is 1. The van der Waals surface area contributed by atoms with Gasteiger partial charge in [0.1, 0.15) is 0 Å². The molecular formula is C9H18O2. The van der Waals surface area contributed by atoms with Crippen molar-refractivity contribution in [1.29, 1.82) is 0 Å². The molecule has 0 spiro atoms. The summed E-state index contributed by atoms with van der Waals surface area (Å²) in [6.07, 6.45) is 1.62. The van der Waals surface area contributed by atoms with Gasteiger partial charge in [0.25, 0.3) is 0 Å². The Hall–Kier alpha value is -0.0800. The molecule has 1 heterocycles. The quantitative estimate of drug-likeness (QED) is 0.630. The summed E-state index contributed by atoms with van der Waals surface area (Å²) in [4.78, 5) is 0. The topological polar surface area (TPSA) is 29.5 Å². The molecule has 1 N–H and O–H groups in total. The minimum atomic E-state index is -0.522. The highest BCUT2D eigenvalue weighted by Gasteiger charge is 2.27. The molecule has 1 rings (SSSR count). The zero-order chi connectivity index (χ0) is 8.43. The molecule has 0 radical (unpaired) electrons. The van der Waals surface area contributed by atoms with E-state index in [0.717, 1.165) is 12.8 Å². The van der Waals surface area contributed by atoms with Gasteiger partial charge in [0.05, 0.1) is 6.10 Å². The first kappa shape index (κ1) is 9.01. The van der Waals surface area contributed by atoms with Crippen LogP contribution in [0.25, 0.3) is 0 Å². The first-order valence-electron chi connectivity index (χ1n) is 4.43. The zero-order valence-electron chi connectivity index (χ0n) is 7.58. The lowest BCUT2D eigenvalue weighted by Crippen LogP contribution is -2.34. The predicted octanol–water partition coefficient (Wildman–Crippen LogP) is 1.78. The van der Waals surface area contributed by atoms with Crippen LogP contribution in [0.15, 0.2) is 0 Å². The monoisotopic (exact) mass is 158 g/mol. The third-order valence-corrected chi connectivity index (χ3v) is 2.31. The number of rotatable bonds is 1. The van der Waals surface area contributed by atoms with Gasteiger partial charge in [-0.1, -0.05) is 20.8 Å². The summed E-state index contributed by atoms with van der Waals surface area (Å²) >= 11 is 0. The molecule has 11 heavy (non-hydrogen) atoms. The second-order valence-corrected chi connectivity index (χ2v) is 3.95. The summed E-state index contributed by atoms with van der Waals surface area (Å²) in [5, 5.41) is 9.28. The molecule has 1 aliphatic heterocycles. The van der Waals surface area contributed by atoms with Gasteiger partial charge in [-0.2, -0.15) is 0 Å². The van der Waals surface area contributed by atoms with E-state index in [0.29, 0.717) is 11.8 Å². The largest absolute Gasteiger partial charge is 0.368 e. The normalized spacial score (nSPS) is 39.5. The standard InChI is InChI=1S/C9H18O2/c1-6(2)8-4-7(3)5-9(10)11-8/h6-10H,4-5H2,1-3H3/t7-,8+,9?/m1/s1. The summed E-state index contributed by atoms with van der Waals surface area (Å²) in [5.41, 5.74) is 0. The van der Waals surface area contributed by atoms with Crippen molar-refractivity contribution in [2.24, 2.45) is 11.8 Å². The molecule has 0 aromatic rings. The molecule has 0 bridgehead atoms. The molecule has 1 unspecified atom stereocenters. The Kier molecular flexibility index (Phi) is 2.90. The van der Waals surface area contributed by atoms with Crippen LogP contribution in [-0.4, -0.2) is 17.5 Å². The van der Waals surface area contributed by atoms with Crippen molar-refractivity contribution in [3.8, 4) is 0 Å². The Morgan fingerprint density at radius 1 is 1.36 bits per heavy atom. The molecule has 2 nitrogen and oxygen atoms in total. The third-order valence-electron chi connectivity index (χ3n) is 2.31. The second kappa shape index (κ2) is 3.55. The second-order valence-electron chi connectivity index (χ2n) is 3.95. The van der Waals surface area contributed by atoms with Crippen LogP contribution in [0, 0.1) is 11.8 Å². The molecule has 0 aromatic carbocycles. The molecule has 0 saturated carbocycles. The van der Waals surface area contributed by atoms with Gasteiger partial charge in [0.15, 0.2) is 6.29 Å². The smallest absolute Gasteiger partial charge is 0.155 e. The van der Waals surface area contributed by atoms with E-state index in [-0.39, 0.29) is 6.10 Å². The summed E-state index contributed by atoms with van der Waals surface area (Å²) < 4.78 is 5.37. The highest BCUT2D eigenvalue weighted by molar-refractivity contribution is 4.72. The molecule has 0 aliphatic carbocycles. The van der Waals surface area contributed by atoms with Crippen LogP contribution in [0.2, 0.25) is 0 Å². The SMILES string of the molecule is CC(C)[C@@H]1C[C@@H](C)CC(O)O1. The van der Waals surface area contributed by atoms with E-state index in [1.807, 2.05) is 0 Å². The lowest BCUT2D eigenvalue weighted by atomic mass is 9.91. The van der Waals surface area contributed by atoms with Gasteiger partial charge < -0.3 is 9.84 Å². The minimum absolute atomic E-state index is 0.258. The fourth-order valence-corrected chi connectivity index (χ4v) is 1.58. The maximum atomic E-state index is 9.28. The van der Waals surface area contributed by atoms with Crippen LogP contribution < -0.4 is 0 Å². The number of hydrogen-bond acceptors (Lipinski definition) is 2. The summed E-state index contributed by atoms with van der Waals surface area (Å²) in [7, 11) is 0. The Balaban J connectivity index is 2.43. The van der Waals surface area contributed by atoms with Gasteiger partial charge in [-0.15, -0.1) is 0 Å². The predicted molar refractivity (Wildman–Crippen MR) is 44.1 cm³/mol. The van der Waals surface area contributed by atoms with E-state index < -0.39 is 6.29 Å². The summed E-state index contributed by atoms with van der Waals surface area (Å²) in [6, 6.07) is 0. The van der Waals surface area contributed by atoms with Crippen LogP contribution in [0.1, 0.15) is 33.6 Å². The van der Waals surface area contributed by atoms with Crippen LogP contribution >= 0.6 is 0 Å². The summed E-state index contributed by atoms with van der Waals surface area (Å²) in [6.45, 7) is 6.44. The van der Waals surface area contributed by atoms with Crippen LogP contribution in [0.3, 0.4) is 0 Å². The fraction of sp³-hybridized carbons (Fsp3) is 1.00. The minimum Gasteiger partial charge on any atom is -0.368 e. The van der Waals surface area contributed by atoms with Crippen LogP contribution in [0.5, 0.6) is 0 Å². The van der Waals surface area contributed by atoms with Crippen molar-refractivity contribution in [3.05, 3.63) is 0 Å². The molecular weight excluding hydrogens is 140 g/mol. The first-order valence-corrected chi connectivity index (χ1v) is 4.43. The van der Waals surface area contributed by atoms with Crippen LogP contribution in [0.4, 0.5) is 0 Å². The molecule has 3 atom stereocenters. The van der Waals surface area contributed by atoms with E-state index in [4.69, 9.17) is 4.74 Å². The van der Waals surface area contributed by atoms with Crippen molar-refractivity contribution >= 4 is 0 Å². The number of aliphatic hydroxyl groups is 1. The summed E-state index contributed by atoms with van der Waals surface area (Å²) in [5.74, 6) is 1.12. The molecule has 66 valence electrons. The van der Waals surface area contributed by atoms with Crippen molar-refractivity contribution in [2.75, 3.05) is 0 Å². The van der Waals surface area contributed by atoms with Crippen molar-refractivity contribution in [3.63, 3.8) is 0 Å². The molecule has 1 saturated heterocycles. The Bertz CT molecular complexity index is 113. The highest BCUT2D eigenvalue weighted by atomic mass is 16.6. The van der Waals surface area contributed by atoms with Gasteiger partial charge in [0, 0.05) is 6.42 Å². The molecule has 1 fully saturated rings. The van der Waals surface area contributed by atoms with Crippen LogP contribution in [-0.2, 0) is 4.74 Å². The van der Waals surface area contributed by atoms with E-state index in [2.05, 4.69) is 20.8 Å². The zero-order valence-corrected chi connectivity index (χ0v) is 7.58. The molecule has 2 heteroatoms. The van der Waals surface area contributed by atoms with E-state index in [1.54, 1.807) is 0 Å². The Labute approximate surface area is 68.6 Å². The van der Waals surface area contributed by atoms with Gasteiger partial charge >= 0.3 is 0 Å². The third kappa shape index (κ3) is 2.46. The van der Waals surface area contributed by atoms with Gasteiger partial charge in [-0.3, -0.25) is 0 Å². The van der Waals surface area contributed by atoms with Crippen molar-refractivity contribution in [1.82, 2.24) is 0 Å². The molecule has 1 aliphatic rings. The average molecular weight is 158 g/mol. The number of aliphatic hydroxyl groups excluding tert-OH is 1. The highest BCUT2D eigenvalue weighted by Crippen LogP contribution is 2.27. The number of hydrogen-bond donors (Lipinski definition) is 1. The molecule has 0 amide bonds. The first-order chi connectivity index (χ1) is 5.09. The lowest BCUT2D eigenvalue weighted by Gasteiger charge is -2.33. The maximum Gasteiger partial charge on any atom is 0.155 e. The lowest BCUT2D eigenvalue weighted by molar-refractivity contribution is -0.186. The Morgan fingerprint density at radius 2 is 2.00 bits per heavy atom. The maximum absolute atomic E-state index is 9.28. The fourth-order valence-electron chi connectivity index (χ4n) is 1.58. The molecule has 0 aromatic heterocycles. The van der Waals surface area contributed by atoms with Crippen molar-refractivity contribution in [2.45, 2.75) is 46.0 Å². The van der Waals surface area contributed by atoms with E-state index in [9.17, 15) is 5.11 Å².